The molecule has 1 aromatic rings. The summed E-state index contributed by atoms with van der Waals surface area (Å²) in [5, 5.41) is 0.698. The molecule has 1 aromatic carbocycles. The fourth-order valence-corrected chi connectivity index (χ4v) is 0.753. The van der Waals surface area contributed by atoms with Crippen molar-refractivity contribution in [3.05, 3.63) is 29.3 Å². The van der Waals surface area contributed by atoms with Gasteiger partial charge in [-0.05, 0) is 24.3 Å². The van der Waals surface area contributed by atoms with Crippen LogP contribution in [0.25, 0.3) is 0 Å². The molecule has 0 heterocycles. The van der Waals surface area contributed by atoms with Crippen LogP contribution in [0, 0.1) is 0 Å². The van der Waals surface area contributed by atoms with Crippen molar-refractivity contribution in [2.75, 3.05) is 6.73 Å². The van der Waals surface area contributed by atoms with Gasteiger partial charge in [-0.3, -0.25) is 5.73 Å². The maximum Gasteiger partial charge on any atom is 0.137 e. The van der Waals surface area contributed by atoms with Crippen LogP contribution in [0.1, 0.15) is 0 Å². The largest absolute Gasteiger partial charge is 0.479 e. The Morgan fingerprint density at radius 1 is 1.30 bits per heavy atom. The van der Waals surface area contributed by atoms with Crippen LogP contribution in [0.3, 0.4) is 0 Å². The lowest BCUT2D eigenvalue weighted by molar-refractivity contribution is 0.329. The number of benzene rings is 1. The molecule has 0 aliphatic heterocycles. The number of nitrogens with two attached hydrogens (primary N) is 1. The van der Waals surface area contributed by atoms with Gasteiger partial charge in [-0.2, -0.15) is 0 Å². The molecule has 0 amide bonds. The molecule has 3 heteroatoms. The number of halogens is 1. The quantitative estimate of drug-likeness (QED) is 0.663. The molecule has 0 aromatic heterocycles. The van der Waals surface area contributed by atoms with Crippen LogP contribution in [-0.2, 0) is 0 Å². The fourth-order valence-electron chi connectivity index (χ4n) is 0.627. The lowest BCUT2D eigenvalue weighted by atomic mass is 10.3. The molecule has 0 spiro atoms. The molecule has 54 valence electrons. The molecule has 0 saturated heterocycles. The van der Waals surface area contributed by atoms with E-state index in [1.807, 2.05) is 0 Å². The second-order valence-electron chi connectivity index (χ2n) is 1.76. The highest BCUT2D eigenvalue weighted by atomic mass is 35.5. The minimum absolute atomic E-state index is 0.196. The summed E-state index contributed by atoms with van der Waals surface area (Å²) in [5.41, 5.74) is 5.14. The molecule has 10 heavy (non-hydrogen) atoms. The van der Waals surface area contributed by atoms with Gasteiger partial charge in [-0.1, -0.05) is 11.6 Å². The molecule has 2 N–H and O–H groups in total. The average Bonchev–Trinajstić information content (AvgIpc) is 1.95. The van der Waals surface area contributed by atoms with Gasteiger partial charge in [0.1, 0.15) is 12.5 Å². The van der Waals surface area contributed by atoms with Gasteiger partial charge in [-0.15, -0.1) is 0 Å². The predicted octanol–water partition coefficient (Wildman–Crippen LogP) is 1.64. The van der Waals surface area contributed by atoms with Crippen molar-refractivity contribution >= 4 is 11.6 Å². The maximum atomic E-state index is 5.63. The summed E-state index contributed by atoms with van der Waals surface area (Å²) in [7, 11) is 0. The zero-order valence-electron chi connectivity index (χ0n) is 5.38. The third kappa shape index (κ3) is 1.90. The molecule has 0 radical (unpaired) electrons. The van der Waals surface area contributed by atoms with Crippen LogP contribution < -0.4 is 10.5 Å². The second-order valence-corrected chi connectivity index (χ2v) is 2.20. The van der Waals surface area contributed by atoms with Gasteiger partial charge in [0.2, 0.25) is 0 Å². The Morgan fingerprint density at radius 3 is 2.40 bits per heavy atom. The summed E-state index contributed by atoms with van der Waals surface area (Å²) in [4.78, 5) is 0. The van der Waals surface area contributed by atoms with Crippen molar-refractivity contribution in [2.24, 2.45) is 5.73 Å². The Kier molecular flexibility index (Phi) is 2.54. The van der Waals surface area contributed by atoms with Crippen molar-refractivity contribution in [1.82, 2.24) is 0 Å². The predicted molar refractivity (Wildman–Crippen MR) is 41.1 cm³/mol. The van der Waals surface area contributed by atoms with E-state index in [1.165, 1.54) is 0 Å². The fraction of sp³-hybridized carbons (Fsp3) is 0.143. The zero-order valence-corrected chi connectivity index (χ0v) is 6.14. The van der Waals surface area contributed by atoms with Gasteiger partial charge in [0, 0.05) is 5.02 Å². The molecule has 2 nitrogen and oxygen atoms in total. The lowest BCUT2D eigenvalue weighted by Crippen LogP contribution is -2.06. The summed E-state index contributed by atoms with van der Waals surface area (Å²) < 4.78 is 4.98. The van der Waals surface area contributed by atoms with E-state index in [4.69, 9.17) is 22.1 Å². The lowest BCUT2D eigenvalue weighted by Gasteiger charge is -2.00. The van der Waals surface area contributed by atoms with E-state index in [0.29, 0.717) is 5.02 Å². The Hall–Kier alpha value is -0.730. The number of hydrogen-bond acceptors (Lipinski definition) is 2. The molecule has 0 unspecified atom stereocenters. The van der Waals surface area contributed by atoms with E-state index in [9.17, 15) is 0 Å². The van der Waals surface area contributed by atoms with Crippen LogP contribution in [0.4, 0.5) is 0 Å². The van der Waals surface area contributed by atoms with Crippen molar-refractivity contribution in [2.45, 2.75) is 0 Å². The third-order valence-corrected chi connectivity index (χ3v) is 1.32. The van der Waals surface area contributed by atoms with Crippen molar-refractivity contribution in [1.29, 1.82) is 0 Å². The second kappa shape index (κ2) is 3.44. The van der Waals surface area contributed by atoms with E-state index in [0.717, 1.165) is 5.75 Å². The molecule has 0 saturated carbocycles. The number of hydrogen-bond donors (Lipinski definition) is 1. The van der Waals surface area contributed by atoms with Gasteiger partial charge in [0.15, 0.2) is 0 Å². The Balaban J connectivity index is 2.69. The van der Waals surface area contributed by atoms with Crippen LogP contribution in [0.2, 0.25) is 5.02 Å². The van der Waals surface area contributed by atoms with Crippen LogP contribution in [0.15, 0.2) is 24.3 Å². The number of rotatable bonds is 2. The number of ether oxygens (including phenoxy) is 1. The van der Waals surface area contributed by atoms with Gasteiger partial charge in [0.05, 0.1) is 0 Å². The molecule has 0 bridgehead atoms. The van der Waals surface area contributed by atoms with E-state index < -0.39 is 0 Å². The standard InChI is InChI=1S/C7H8ClNO/c8-6-1-3-7(4-2-6)10-5-9/h1-4H,5,9H2. The first kappa shape index (κ1) is 7.38. The smallest absolute Gasteiger partial charge is 0.137 e. The van der Waals surface area contributed by atoms with Crippen LogP contribution in [-0.4, -0.2) is 6.73 Å². The van der Waals surface area contributed by atoms with Gasteiger partial charge in [0.25, 0.3) is 0 Å². The summed E-state index contributed by atoms with van der Waals surface area (Å²) in [6, 6.07) is 7.06. The molecule has 0 aliphatic carbocycles. The minimum Gasteiger partial charge on any atom is -0.479 e. The Bertz CT molecular complexity index is 197. The Labute approximate surface area is 64.6 Å². The minimum atomic E-state index is 0.196. The highest BCUT2D eigenvalue weighted by Gasteiger charge is 1.89. The molecular formula is C7H8ClNO. The van der Waals surface area contributed by atoms with E-state index in [1.54, 1.807) is 24.3 Å². The molecular weight excluding hydrogens is 150 g/mol. The molecule has 0 atom stereocenters. The Morgan fingerprint density at radius 2 is 1.90 bits per heavy atom. The van der Waals surface area contributed by atoms with E-state index in [-0.39, 0.29) is 6.73 Å². The monoisotopic (exact) mass is 157 g/mol. The summed E-state index contributed by atoms with van der Waals surface area (Å²) in [5.74, 6) is 0.743. The normalized spacial score (nSPS) is 9.40. The van der Waals surface area contributed by atoms with Crippen molar-refractivity contribution in [3.63, 3.8) is 0 Å². The molecule has 0 aliphatic rings. The topological polar surface area (TPSA) is 35.2 Å². The SMILES string of the molecule is NCOc1ccc(Cl)cc1. The van der Waals surface area contributed by atoms with Crippen LogP contribution >= 0.6 is 11.6 Å². The highest BCUT2D eigenvalue weighted by molar-refractivity contribution is 6.30. The van der Waals surface area contributed by atoms with Crippen molar-refractivity contribution < 1.29 is 4.74 Å². The average molecular weight is 158 g/mol. The van der Waals surface area contributed by atoms with Gasteiger partial charge < -0.3 is 4.74 Å². The van der Waals surface area contributed by atoms with Crippen molar-refractivity contribution in [3.8, 4) is 5.75 Å². The first-order valence-electron chi connectivity index (χ1n) is 2.91. The highest BCUT2D eigenvalue weighted by Crippen LogP contribution is 2.14. The molecule has 0 fully saturated rings. The third-order valence-electron chi connectivity index (χ3n) is 1.06. The van der Waals surface area contributed by atoms with E-state index in [2.05, 4.69) is 0 Å². The zero-order chi connectivity index (χ0) is 7.40. The first-order valence-corrected chi connectivity index (χ1v) is 3.29. The summed E-state index contributed by atoms with van der Waals surface area (Å²) in [6.07, 6.45) is 0. The first-order chi connectivity index (χ1) is 4.83. The molecule has 1 rings (SSSR count). The van der Waals surface area contributed by atoms with Crippen LogP contribution in [0.5, 0.6) is 5.75 Å². The van der Waals surface area contributed by atoms with Gasteiger partial charge >= 0.3 is 0 Å². The maximum absolute atomic E-state index is 5.63. The summed E-state index contributed by atoms with van der Waals surface area (Å²) >= 11 is 5.63. The van der Waals surface area contributed by atoms with Gasteiger partial charge in [-0.25, -0.2) is 0 Å². The summed E-state index contributed by atoms with van der Waals surface area (Å²) in [6.45, 7) is 0.196. The van der Waals surface area contributed by atoms with E-state index >= 15 is 0 Å².